The largest absolute Gasteiger partial charge is 0.493 e. The summed E-state index contributed by atoms with van der Waals surface area (Å²) in [6.07, 6.45) is 1.21. The zero-order valence-corrected chi connectivity index (χ0v) is 12.3. The number of primary amides is 1. The first-order valence-corrected chi connectivity index (χ1v) is 6.79. The van der Waals surface area contributed by atoms with Crippen LogP contribution < -0.4 is 15.8 Å². The van der Waals surface area contributed by atoms with E-state index in [1.807, 2.05) is 13.8 Å². The number of carbonyl (C=O) groups is 1. The summed E-state index contributed by atoms with van der Waals surface area (Å²) in [4.78, 5) is 11.5. The predicted molar refractivity (Wildman–Crippen MR) is 77.0 cm³/mol. The Morgan fingerprint density at radius 2 is 2.20 bits per heavy atom. The molecule has 0 heterocycles. The van der Waals surface area contributed by atoms with Crippen molar-refractivity contribution >= 4 is 5.91 Å². The lowest BCUT2D eigenvalue weighted by atomic mass is 9.94. The fraction of sp³-hybridized carbons (Fsp3) is 0.533. The number of amides is 1. The van der Waals surface area contributed by atoms with Crippen molar-refractivity contribution in [2.24, 2.45) is 5.73 Å². The van der Waals surface area contributed by atoms with E-state index in [1.165, 1.54) is 12.1 Å². The van der Waals surface area contributed by atoms with Crippen LogP contribution in [0.3, 0.4) is 0 Å². The van der Waals surface area contributed by atoms with Crippen molar-refractivity contribution in [1.29, 1.82) is 0 Å². The van der Waals surface area contributed by atoms with Crippen LogP contribution in [0.5, 0.6) is 5.75 Å². The lowest BCUT2D eigenvalue weighted by molar-refractivity contribution is -0.124. The monoisotopic (exact) mass is 282 g/mol. The molecule has 1 amide bonds. The van der Waals surface area contributed by atoms with Gasteiger partial charge in [0.25, 0.3) is 0 Å². The molecule has 0 aliphatic rings. The van der Waals surface area contributed by atoms with E-state index in [0.717, 1.165) is 0 Å². The third kappa shape index (κ3) is 5.17. The molecule has 1 rings (SSSR count). The smallest absolute Gasteiger partial charge is 0.237 e. The Hall–Kier alpha value is -1.62. The lowest BCUT2D eigenvalue weighted by Gasteiger charge is -2.29. The van der Waals surface area contributed by atoms with E-state index >= 15 is 0 Å². The molecule has 0 aliphatic carbocycles. The van der Waals surface area contributed by atoms with Gasteiger partial charge in [-0.3, -0.25) is 4.79 Å². The first-order valence-electron chi connectivity index (χ1n) is 6.79. The number of hydrogen-bond donors (Lipinski definition) is 2. The number of ether oxygens (including phenoxy) is 1. The zero-order valence-electron chi connectivity index (χ0n) is 12.3. The highest BCUT2D eigenvalue weighted by atomic mass is 19.1. The summed E-state index contributed by atoms with van der Waals surface area (Å²) >= 11 is 0. The van der Waals surface area contributed by atoms with Crippen LogP contribution in [0.4, 0.5) is 4.39 Å². The summed E-state index contributed by atoms with van der Waals surface area (Å²) in [5, 5.41) is 3.17. The standard InChI is InChI=1S/C15H23FN2O2/c1-11(2)18-15(3,14(17)19)8-5-9-20-13-7-4-6-12(16)10-13/h4,6-7,10-11,18H,5,8-9H2,1-3H3,(H2,17,19). The van der Waals surface area contributed by atoms with Gasteiger partial charge in [-0.1, -0.05) is 6.07 Å². The maximum Gasteiger partial charge on any atom is 0.237 e. The van der Waals surface area contributed by atoms with Crippen LogP contribution in [-0.4, -0.2) is 24.1 Å². The number of rotatable bonds is 8. The summed E-state index contributed by atoms with van der Waals surface area (Å²) in [5.41, 5.74) is 4.69. The van der Waals surface area contributed by atoms with Gasteiger partial charge in [-0.15, -0.1) is 0 Å². The van der Waals surface area contributed by atoms with E-state index in [0.29, 0.717) is 25.2 Å². The van der Waals surface area contributed by atoms with Gasteiger partial charge in [-0.2, -0.15) is 0 Å². The van der Waals surface area contributed by atoms with Crippen molar-refractivity contribution in [2.75, 3.05) is 6.61 Å². The fourth-order valence-electron chi connectivity index (χ4n) is 2.08. The molecular formula is C15H23FN2O2. The Kier molecular flexibility index (Phi) is 5.95. The molecule has 1 aromatic carbocycles. The third-order valence-electron chi connectivity index (χ3n) is 3.04. The zero-order chi connectivity index (χ0) is 15.2. The Balaban J connectivity index is 2.43. The van der Waals surface area contributed by atoms with Gasteiger partial charge in [0.1, 0.15) is 11.6 Å². The molecule has 0 saturated heterocycles. The van der Waals surface area contributed by atoms with Gasteiger partial charge in [0, 0.05) is 12.1 Å². The van der Waals surface area contributed by atoms with E-state index in [-0.39, 0.29) is 17.8 Å². The predicted octanol–water partition coefficient (Wildman–Crippen LogP) is 2.23. The molecule has 0 bridgehead atoms. The van der Waals surface area contributed by atoms with Crippen LogP contribution >= 0.6 is 0 Å². The molecule has 4 nitrogen and oxygen atoms in total. The van der Waals surface area contributed by atoms with Crippen molar-refractivity contribution in [2.45, 2.75) is 45.2 Å². The second kappa shape index (κ2) is 7.24. The number of carbonyl (C=O) groups excluding carboxylic acids is 1. The van der Waals surface area contributed by atoms with Gasteiger partial charge in [0.15, 0.2) is 0 Å². The van der Waals surface area contributed by atoms with Gasteiger partial charge in [0.05, 0.1) is 12.1 Å². The highest BCUT2D eigenvalue weighted by Gasteiger charge is 2.30. The van der Waals surface area contributed by atoms with Gasteiger partial charge >= 0.3 is 0 Å². The molecule has 0 spiro atoms. The Bertz CT molecular complexity index is 451. The van der Waals surface area contributed by atoms with Crippen LogP contribution in [0.2, 0.25) is 0 Å². The SMILES string of the molecule is CC(C)NC(C)(CCCOc1cccc(F)c1)C(N)=O. The van der Waals surface area contributed by atoms with Crippen molar-refractivity contribution in [3.63, 3.8) is 0 Å². The minimum Gasteiger partial charge on any atom is -0.493 e. The maximum absolute atomic E-state index is 13.0. The van der Waals surface area contributed by atoms with Crippen molar-refractivity contribution in [3.05, 3.63) is 30.1 Å². The molecule has 0 fully saturated rings. The summed E-state index contributed by atoms with van der Waals surface area (Å²) in [5.74, 6) is -0.217. The van der Waals surface area contributed by atoms with Crippen molar-refractivity contribution in [1.82, 2.24) is 5.32 Å². The average molecular weight is 282 g/mol. The van der Waals surface area contributed by atoms with Crippen LogP contribution in [0.1, 0.15) is 33.6 Å². The Morgan fingerprint density at radius 3 is 2.75 bits per heavy atom. The molecule has 0 aromatic heterocycles. The van der Waals surface area contributed by atoms with E-state index < -0.39 is 5.54 Å². The topological polar surface area (TPSA) is 64.3 Å². The minimum absolute atomic E-state index is 0.164. The molecule has 5 heteroatoms. The summed E-state index contributed by atoms with van der Waals surface area (Å²) in [6, 6.07) is 6.15. The van der Waals surface area contributed by atoms with Crippen molar-refractivity contribution in [3.8, 4) is 5.75 Å². The molecule has 20 heavy (non-hydrogen) atoms. The lowest BCUT2D eigenvalue weighted by Crippen LogP contribution is -2.55. The van der Waals surface area contributed by atoms with E-state index in [4.69, 9.17) is 10.5 Å². The first kappa shape index (κ1) is 16.4. The van der Waals surface area contributed by atoms with E-state index in [1.54, 1.807) is 19.1 Å². The van der Waals surface area contributed by atoms with Gasteiger partial charge in [-0.05, 0) is 45.7 Å². The summed E-state index contributed by atoms with van der Waals surface area (Å²) in [6.45, 7) is 6.12. The summed E-state index contributed by atoms with van der Waals surface area (Å²) < 4.78 is 18.4. The van der Waals surface area contributed by atoms with Crippen LogP contribution in [0, 0.1) is 5.82 Å². The third-order valence-corrected chi connectivity index (χ3v) is 3.04. The number of hydrogen-bond acceptors (Lipinski definition) is 3. The van der Waals surface area contributed by atoms with Crippen molar-refractivity contribution < 1.29 is 13.9 Å². The Labute approximate surface area is 119 Å². The minimum atomic E-state index is -0.751. The molecular weight excluding hydrogens is 259 g/mol. The van der Waals surface area contributed by atoms with E-state index in [2.05, 4.69) is 5.32 Å². The first-order chi connectivity index (χ1) is 9.33. The molecule has 3 N–H and O–H groups in total. The van der Waals surface area contributed by atoms with Crippen LogP contribution in [0.15, 0.2) is 24.3 Å². The van der Waals surface area contributed by atoms with Gasteiger partial charge in [-0.25, -0.2) is 4.39 Å². The number of halogens is 1. The quantitative estimate of drug-likeness (QED) is 0.719. The number of benzene rings is 1. The van der Waals surface area contributed by atoms with Gasteiger partial charge < -0.3 is 15.8 Å². The van der Waals surface area contributed by atoms with E-state index in [9.17, 15) is 9.18 Å². The molecule has 1 aromatic rings. The highest BCUT2D eigenvalue weighted by molar-refractivity contribution is 5.84. The van der Waals surface area contributed by atoms with Crippen LogP contribution in [0.25, 0.3) is 0 Å². The number of nitrogens with two attached hydrogens (primary N) is 1. The maximum atomic E-state index is 13.0. The molecule has 1 atom stereocenters. The number of nitrogens with one attached hydrogen (secondary N) is 1. The molecule has 0 saturated carbocycles. The molecule has 1 unspecified atom stereocenters. The van der Waals surface area contributed by atoms with Crippen LogP contribution in [-0.2, 0) is 4.79 Å². The molecule has 0 aliphatic heterocycles. The van der Waals surface area contributed by atoms with Gasteiger partial charge in [0.2, 0.25) is 5.91 Å². The molecule has 0 radical (unpaired) electrons. The molecule has 112 valence electrons. The second-order valence-corrected chi connectivity index (χ2v) is 5.40. The fourth-order valence-corrected chi connectivity index (χ4v) is 2.08. The Morgan fingerprint density at radius 1 is 1.50 bits per heavy atom. The normalized spacial score (nSPS) is 14.1. The highest BCUT2D eigenvalue weighted by Crippen LogP contribution is 2.16. The second-order valence-electron chi connectivity index (χ2n) is 5.40. The average Bonchev–Trinajstić information content (AvgIpc) is 2.34. The summed E-state index contributed by atoms with van der Waals surface area (Å²) in [7, 11) is 0.